The number of rotatable bonds is 3. The van der Waals surface area contributed by atoms with Gasteiger partial charge in [0.2, 0.25) is 0 Å². The number of nitro benzene ring substituents is 1. The van der Waals surface area contributed by atoms with Crippen LogP contribution in [0.2, 0.25) is 0 Å². The average molecular weight is 283 g/mol. The van der Waals surface area contributed by atoms with Crippen LogP contribution in [0, 0.1) is 17.0 Å². The van der Waals surface area contributed by atoms with Gasteiger partial charge in [0.1, 0.15) is 0 Å². The Morgan fingerprint density at radius 1 is 1.58 bits per heavy atom. The van der Waals surface area contributed by atoms with E-state index in [-0.39, 0.29) is 17.6 Å². The van der Waals surface area contributed by atoms with Gasteiger partial charge in [-0.15, -0.1) is 11.6 Å². The lowest BCUT2D eigenvalue weighted by atomic mass is 10.1. The number of carbonyl (C=O) groups excluding carboxylic acids is 1. The van der Waals surface area contributed by atoms with Crippen LogP contribution in [0.3, 0.4) is 0 Å². The summed E-state index contributed by atoms with van der Waals surface area (Å²) >= 11 is 5.86. The number of alkyl halides is 1. The normalized spacial score (nSPS) is 18.6. The van der Waals surface area contributed by atoms with Crippen LogP contribution in [0.4, 0.5) is 5.69 Å². The van der Waals surface area contributed by atoms with Crippen molar-refractivity contribution in [2.45, 2.75) is 25.8 Å². The van der Waals surface area contributed by atoms with Crippen molar-refractivity contribution < 1.29 is 9.72 Å². The third-order valence-corrected chi connectivity index (χ3v) is 3.82. The van der Waals surface area contributed by atoms with Crippen LogP contribution in [0.5, 0.6) is 0 Å². The minimum Gasteiger partial charge on any atom is -0.334 e. The second-order valence-corrected chi connectivity index (χ2v) is 5.01. The van der Waals surface area contributed by atoms with Crippen molar-refractivity contribution in [1.82, 2.24) is 4.90 Å². The Morgan fingerprint density at radius 2 is 2.32 bits per heavy atom. The van der Waals surface area contributed by atoms with E-state index in [1.807, 2.05) is 0 Å². The summed E-state index contributed by atoms with van der Waals surface area (Å²) in [7, 11) is 0. The maximum atomic E-state index is 12.4. The van der Waals surface area contributed by atoms with Gasteiger partial charge in [-0.05, 0) is 31.4 Å². The van der Waals surface area contributed by atoms with E-state index in [0.29, 0.717) is 23.6 Å². The summed E-state index contributed by atoms with van der Waals surface area (Å²) < 4.78 is 0. The predicted molar refractivity (Wildman–Crippen MR) is 72.6 cm³/mol. The van der Waals surface area contributed by atoms with Gasteiger partial charge in [-0.1, -0.05) is 0 Å². The standard InChI is InChI=1S/C13H15ClN2O3/c1-9-7-10(16(18)19)4-5-12(9)13(17)15-6-2-3-11(15)8-14/h4-5,7,11H,2-3,6,8H2,1H3. The molecule has 5 nitrogen and oxygen atoms in total. The first kappa shape index (κ1) is 13.8. The number of hydrogen-bond acceptors (Lipinski definition) is 3. The third-order valence-electron chi connectivity index (χ3n) is 3.47. The molecule has 0 aromatic heterocycles. The van der Waals surface area contributed by atoms with Crippen molar-refractivity contribution in [1.29, 1.82) is 0 Å². The molecule has 1 aliphatic rings. The van der Waals surface area contributed by atoms with E-state index < -0.39 is 4.92 Å². The minimum atomic E-state index is -0.460. The molecule has 2 rings (SSSR count). The van der Waals surface area contributed by atoms with Crippen LogP contribution in [0.15, 0.2) is 18.2 Å². The lowest BCUT2D eigenvalue weighted by Crippen LogP contribution is -2.36. The van der Waals surface area contributed by atoms with E-state index in [2.05, 4.69) is 0 Å². The van der Waals surface area contributed by atoms with Gasteiger partial charge in [0.15, 0.2) is 0 Å². The van der Waals surface area contributed by atoms with Crippen LogP contribution >= 0.6 is 11.6 Å². The summed E-state index contributed by atoms with van der Waals surface area (Å²) in [5.74, 6) is 0.341. The third kappa shape index (κ3) is 2.71. The molecule has 1 amide bonds. The van der Waals surface area contributed by atoms with E-state index in [9.17, 15) is 14.9 Å². The summed E-state index contributed by atoms with van der Waals surface area (Å²) in [6.07, 6.45) is 1.87. The van der Waals surface area contributed by atoms with Gasteiger partial charge >= 0.3 is 0 Å². The Hall–Kier alpha value is -1.62. The topological polar surface area (TPSA) is 63.5 Å². The molecule has 1 aromatic carbocycles. The highest BCUT2D eigenvalue weighted by Gasteiger charge is 2.29. The van der Waals surface area contributed by atoms with E-state index in [1.165, 1.54) is 18.2 Å². The molecule has 0 saturated carbocycles. The smallest absolute Gasteiger partial charge is 0.269 e. The van der Waals surface area contributed by atoms with Crippen LogP contribution in [-0.2, 0) is 0 Å². The van der Waals surface area contributed by atoms with Crippen LogP contribution in [-0.4, -0.2) is 34.2 Å². The molecule has 1 saturated heterocycles. The molecule has 0 bridgehead atoms. The molecule has 6 heteroatoms. The molecule has 1 aliphatic heterocycles. The number of likely N-dealkylation sites (tertiary alicyclic amines) is 1. The minimum absolute atomic E-state index is 0.00404. The highest BCUT2D eigenvalue weighted by molar-refractivity contribution is 6.18. The van der Waals surface area contributed by atoms with Gasteiger partial charge in [0, 0.05) is 36.2 Å². The first-order chi connectivity index (χ1) is 9.04. The number of benzene rings is 1. The van der Waals surface area contributed by atoms with E-state index in [4.69, 9.17) is 11.6 Å². The average Bonchev–Trinajstić information content (AvgIpc) is 2.85. The molecule has 0 N–H and O–H groups in total. The predicted octanol–water partition coefficient (Wildman–Crippen LogP) is 2.75. The SMILES string of the molecule is Cc1cc([N+](=O)[O-])ccc1C(=O)N1CCCC1CCl. The summed E-state index contributed by atoms with van der Waals surface area (Å²) in [5, 5.41) is 10.7. The lowest BCUT2D eigenvalue weighted by molar-refractivity contribution is -0.384. The van der Waals surface area contributed by atoms with Gasteiger partial charge < -0.3 is 4.90 Å². The monoisotopic (exact) mass is 282 g/mol. The number of aryl methyl sites for hydroxylation is 1. The number of hydrogen-bond donors (Lipinski definition) is 0. The summed E-state index contributed by atoms with van der Waals surface area (Å²) in [6.45, 7) is 2.42. The van der Waals surface area contributed by atoms with Crippen molar-refractivity contribution in [2.75, 3.05) is 12.4 Å². The largest absolute Gasteiger partial charge is 0.334 e. The fourth-order valence-corrected chi connectivity index (χ4v) is 2.74. The number of carbonyl (C=O) groups is 1. The number of amides is 1. The first-order valence-corrected chi connectivity index (χ1v) is 6.70. The molecule has 0 spiro atoms. The highest BCUT2D eigenvalue weighted by atomic mass is 35.5. The highest BCUT2D eigenvalue weighted by Crippen LogP contribution is 2.24. The zero-order chi connectivity index (χ0) is 14.0. The summed E-state index contributed by atoms with van der Waals surface area (Å²) in [6, 6.07) is 4.40. The van der Waals surface area contributed by atoms with Crippen molar-refractivity contribution >= 4 is 23.2 Å². The van der Waals surface area contributed by atoms with Crippen molar-refractivity contribution in [3.8, 4) is 0 Å². The lowest BCUT2D eigenvalue weighted by Gasteiger charge is -2.23. The quantitative estimate of drug-likeness (QED) is 0.486. The van der Waals surface area contributed by atoms with Crippen LogP contribution in [0.1, 0.15) is 28.8 Å². The number of halogens is 1. The van der Waals surface area contributed by atoms with Crippen molar-refractivity contribution in [3.05, 3.63) is 39.4 Å². The molecule has 1 aromatic rings. The fraction of sp³-hybridized carbons (Fsp3) is 0.462. The molecule has 1 heterocycles. The zero-order valence-electron chi connectivity index (χ0n) is 10.6. The molecule has 0 aliphatic carbocycles. The Bertz CT molecular complexity index is 519. The molecule has 19 heavy (non-hydrogen) atoms. The molecule has 1 fully saturated rings. The maximum Gasteiger partial charge on any atom is 0.269 e. The maximum absolute atomic E-state index is 12.4. The number of non-ortho nitro benzene ring substituents is 1. The fourth-order valence-electron chi connectivity index (χ4n) is 2.42. The van der Waals surface area contributed by atoms with Gasteiger partial charge in [-0.2, -0.15) is 0 Å². The van der Waals surface area contributed by atoms with Crippen molar-refractivity contribution in [3.63, 3.8) is 0 Å². The first-order valence-electron chi connectivity index (χ1n) is 6.16. The van der Waals surface area contributed by atoms with Gasteiger partial charge in [-0.3, -0.25) is 14.9 Å². The second-order valence-electron chi connectivity index (χ2n) is 4.71. The van der Waals surface area contributed by atoms with E-state index >= 15 is 0 Å². The Kier molecular flexibility index (Phi) is 4.04. The van der Waals surface area contributed by atoms with Crippen LogP contribution in [0.25, 0.3) is 0 Å². The van der Waals surface area contributed by atoms with Gasteiger partial charge in [-0.25, -0.2) is 0 Å². The number of nitrogens with zero attached hydrogens (tertiary/aromatic N) is 2. The van der Waals surface area contributed by atoms with E-state index in [0.717, 1.165) is 12.8 Å². The van der Waals surface area contributed by atoms with Crippen molar-refractivity contribution in [2.24, 2.45) is 0 Å². The Balaban J connectivity index is 2.26. The Labute approximate surface area is 116 Å². The molecular formula is C13H15ClN2O3. The number of nitro groups is 1. The molecule has 1 unspecified atom stereocenters. The Morgan fingerprint density at radius 3 is 2.89 bits per heavy atom. The summed E-state index contributed by atoms with van der Waals surface area (Å²) in [4.78, 5) is 24.4. The van der Waals surface area contributed by atoms with Crippen LogP contribution < -0.4 is 0 Å². The van der Waals surface area contributed by atoms with Gasteiger partial charge in [0.05, 0.1) is 4.92 Å². The summed E-state index contributed by atoms with van der Waals surface area (Å²) in [5.41, 5.74) is 1.14. The second kappa shape index (κ2) is 5.57. The molecule has 102 valence electrons. The van der Waals surface area contributed by atoms with E-state index in [1.54, 1.807) is 11.8 Å². The van der Waals surface area contributed by atoms with Gasteiger partial charge in [0.25, 0.3) is 11.6 Å². The molecular weight excluding hydrogens is 268 g/mol. The molecule has 1 atom stereocenters. The zero-order valence-corrected chi connectivity index (χ0v) is 11.4. The molecule has 0 radical (unpaired) electrons.